The summed E-state index contributed by atoms with van der Waals surface area (Å²) in [6, 6.07) is 7.20. The van der Waals surface area contributed by atoms with Crippen LogP contribution in [-0.2, 0) is 11.3 Å². The van der Waals surface area contributed by atoms with E-state index in [0.29, 0.717) is 10.9 Å². The Hall–Kier alpha value is -2.01. The van der Waals surface area contributed by atoms with Crippen molar-refractivity contribution in [1.29, 1.82) is 0 Å². The molecule has 1 N–H and O–H groups in total. The molecule has 2 aromatic rings. The standard InChI is InChI=1S/C15H17N3O2/c19-14(11-5-7-16-8-6-11)9-18-10-17-13-4-2-1-3-12(13)15(18)20/h1-4,10-11,16H,5-9H2. The number of rotatable bonds is 3. The van der Waals surface area contributed by atoms with E-state index in [0.717, 1.165) is 25.9 Å². The summed E-state index contributed by atoms with van der Waals surface area (Å²) in [6.45, 7) is 1.88. The molecule has 3 rings (SSSR count). The Morgan fingerprint density at radius 3 is 2.85 bits per heavy atom. The van der Waals surface area contributed by atoms with Crippen molar-refractivity contribution in [3.05, 3.63) is 40.9 Å². The highest BCUT2D eigenvalue weighted by atomic mass is 16.1. The van der Waals surface area contributed by atoms with Crippen molar-refractivity contribution >= 4 is 16.7 Å². The molecule has 5 nitrogen and oxygen atoms in total. The van der Waals surface area contributed by atoms with Crippen LogP contribution in [0.5, 0.6) is 0 Å². The number of piperidine rings is 1. The number of hydrogen-bond donors (Lipinski definition) is 1. The number of nitrogens with zero attached hydrogens (tertiary/aromatic N) is 2. The molecule has 0 aliphatic carbocycles. The summed E-state index contributed by atoms with van der Waals surface area (Å²) >= 11 is 0. The van der Waals surface area contributed by atoms with Gasteiger partial charge in [0.25, 0.3) is 5.56 Å². The fourth-order valence-electron chi connectivity index (χ4n) is 2.66. The maximum Gasteiger partial charge on any atom is 0.261 e. The summed E-state index contributed by atoms with van der Waals surface area (Å²) in [5.41, 5.74) is 0.529. The summed E-state index contributed by atoms with van der Waals surface area (Å²) in [7, 11) is 0. The van der Waals surface area contributed by atoms with Crippen molar-refractivity contribution in [1.82, 2.24) is 14.9 Å². The van der Waals surface area contributed by atoms with Gasteiger partial charge in [0.15, 0.2) is 5.78 Å². The van der Waals surface area contributed by atoms with Gasteiger partial charge in [-0.2, -0.15) is 0 Å². The van der Waals surface area contributed by atoms with Crippen molar-refractivity contribution in [2.45, 2.75) is 19.4 Å². The van der Waals surface area contributed by atoms with Gasteiger partial charge in [-0.3, -0.25) is 14.2 Å². The highest BCUT2D eigenvalue weighted by Gasteiger charge is 2.21. The van der Waals surface area contributed by atoms with Crippen LogP contribution in [0.3, 0.4) is 0 Å². The number of hydrogen-bond acceptors (Lipinski definition) is 4. The number of nitrogens with one attached hydrogen (secondary N) is 1. The molecule has 1 saturated heterocycles. The molecule has 1 aliphatic heterocycles. The fourth-order valence-corrected chi connectivity index (χ4v) is 2.66. The van der Waals surface area contributed by atoms with Gasteiger partial charge in [0, 0.05) is 5.92 Å². The van der Waals surface area contributed by atoms with Crippen LogP contribution < -0.4 is 10.9 Å². The molecule has 0 bridgehead atoms. The monoisotopic (exact) mass is 271 g/mol. The van der Waals surface area contributed by atoms with E-state index in [9.17, 15) is 9.59 Å². The van der Waals surface area contributed by atoms with Gasteiger partial charge in [-0.05, 0) is 38.1 Å². The molecular formula is C15H17N3O2. The molecule has 1 aliphatic rings. The molecule has 0 radical (unpaired) electrons. The van der Waals surface area contributed by atoms with Gasteiger partial charge in [-0.25, -0.2) is 4.98 Å². The van der Waals surface area contributed by atoms with Crippen LogP contribution in [0.2, 0.25) is 0 Å². The third-order valence-electron chi connectivity index (χ3n) is 3.85. The van der Waals surface area contributed by atoms with Crippen molar-refractivity contribution in [2.75, 3.05) is 13.1 Å². The number of para-hydroxylation sites is 1. The average Bonchev–Trinajstić information content (AvgIpc) is 2.51. The summed E-state index contributed by atoms with van der Waals surface area (Å²) in [4.78, 5) is 28.8. The summed E-state index contributed by atoms with van der Waals surface area (Å²) < 4.78 is 1.42. The molecule has 0 saturated carbocycles. The molecule has 20 heavy (non-hydrogen) atoms. The molecule has 0 unspecified atom stereocenters. The number of carbonyl (C=O) groups is 1. The normalized spacial score (nSPS) is 16.4. The second kappa shape index (κ2) is 5.54. The molecule has 1 fully saturated rings. The number of benzene rings is 1. The number of carbonyl (C=O) groups excluding carboxylic acids is 1. The quantitative estimate of drug-likeness (QED) is 0.903. The first-order valence-electron chi connectivity index (χ1n) is 6.93. The Labute approximate surface area is 116 Å². The second-order valence-electron chi connectivity index (χ2n) is 5.19. The lowest BCUT2D eigenvalue weighted by atomic mass is 9.93. The lowest BCUT2D eigenvalue weighted by Gasteiger charge is -2.21. The molecule has 1 aromatic heterocycles. The van der Waals surface area contributed by atoms with E-state index in [1.54, 1.807) is 12.1 Å². The van der Waals surface area contributed by atoms with Gasteiger partial charge in [0.1, 0.15) is 0 Å². The number of Topliss-reactive ketones (excluding diaryl/α,β-unsaturated/α-hetero) is 1. The maximum absolute atomic E-state index is 12.3. The number of aromatic nitrogens is 2. The minimum absolute atomic E-state index is 0.0645. The topological polar surface area (TPSA) is 64.0 Å². The molecule has 5 heteroatoms. The third-order valence-corrected chi connectivity index (χ3v) is 3.85. The largest absolute Gasteiger partial charge is 0.317 e. The van der Waals surface area contributed by atoms with E-state index in [1.165, 1.54) is 10.9 Å². The van der Waals surface area contributed by atoms with Crippen molar-refractivity contribution in [2.24, 2.45) is 5.92 Å². The molecule has 2 heterocycles. The van der Waals surface area contributed by atoms with Crippen LogP contribution in [0.1, 0.15) is 12.8 Å². The first kappa shape index (κ1) is 13.0. The Bertz CT molecular complexity index is 687. The molecule has 1 aromatic carbocycles. The molecule has 0 amide bonds. The van der Waals surface area contributed by atoms with Crippen molar-refractivity contribution in [3.63, 3.8) is 0 Å². The Morgan fingerprint density at radius 1 is 1.30 bits per heavy atom. The lowest BCUT2D eigenvalue weighted by Crippen LogP contribution is -2.35. The van der Waals surface area contributed by atoms with E-state index in [-0.39, 0.29) is 23.8 Å². The lowest BCUT2D eigenvalue weighted by molar-refractivity contribution is -0.124. The van der Waals surface area contributed by atoms with E-state index >= 15 is 0 Å². The summed E-state index contributed by atoms with van der Waals surface area (Å²) in [5, 5.41) is 3.80. The number of ketones is 1. The van der Waals surface area contributed by atoms with Crippen LogP contribution in [0, 0.1) is 5.92 Å². The zero-order valence-electron chi connectivity index (χ0n) is 11.2. The van der Waals surface area contributed by atoms with Crippen LogP contribution in [0.15, 0.2) is 35.4 Å². The predicted molar refractivity (Wildman–Crippen MR) is 76.6 cm³/mol. The zero-order valence-corrected chi connectivity index (χ0v) is 11.2. The van der Waals surface area contributed by atoms with E-state index in [4.69, 9.17) is 0 Å². The third kappa shape index (κ3) is 2.49. The van der Waals surface area contributed by atoms with Gasteiger partial charge in [0.2, 0.25) is 0 Å². The highest BCUT2D eigenvalue weighted by molar-refractivity contribution is 5.82. The smallest absolute Gasteiger partial charge is 0.261 e. The van der Waals surface area contributed by atoms with Crippen LogP contribution in [0.25, 0.3) is 10.9 Å². The first-order chi connectivity index (χ1) is 9.75. The molecule has 0 atom stereocenters. The highest BCUT2D eigenvalue weighted by Crippen LogP contribution is 2.13. The molecule has 0 spiro atoms. The van der Waals surface area contributed by atoms with Crippen LogP contribution in [0.4, 0.5) is 0 Å². The molecule has 104 valence electrons. The minimum atomic E-state index is -0.141. The first-order valence-corrected chi connectivity index (χ1v) is 6.93. The zero-order chi connectivity index (χ0) is 13.9. The van der Waals surface area contributed by atoms with Crippen molar-refractivity contribution < 1.29 is 4.79 Å². The Morgan fingerprint density at radius 2 is 2.05 bits per heavy atom. The summed E-state index contributed by atoms with van der Waals surface area (Å²) in [6.07, 6.45) is 3.19. The average molecular weight is 271 g/mol. The van der Waals surface area contributed by atoms with Crippen LogP contribution in [-0.4, -0.2) is 28.4 Å². The Kier molecular flexibility index (Phi) is 3.60. The van der Waals surface area contributed by atoms with Gasteiger partial charge >= 0.3 is 0 Å². The van der Waals surface area contributed by atoms with E-state index in [1.807, 2.05) is 12.1 Å². The fraction of sp³-hybridized carbons (Fsp3) is 0.400. The van der Waals surface area contributed by atoms with Gasteiger partial charge < -0.3 is 5.32 Å². The molecular weight excluding hydrogens is 254 g/mol. The second-order valence-corrected chi connectivity index (χ2v) is 5.19. The minimum Gasteiger partial charge on any atom is -0.317 e. The maximum atomic E-state index is 12.3. The van der Waals surface area contributed by atoms with Gasteiger partial charge in [0.05, 0.1) is 23.8 Å². The predicted octanol–water partition coefficient (Wildman–Crippen LogP) is 0.965. The summed E-state index contributed by atoms with van der Waals surface area (Å²) in [5.74, 6) is 0.195. The van der Waals surface area contributed by atoms with E-state index < -0.39 is 0 Å². The van der Waals surface area contributed by atoms with Gasteiger partial charge in [-0.15, -0.1) is 0 Å². The van der Waals surface area contributed by atoms with E-state index in [2.05, 4.69) is 10.3 Å². The van der Waals surface area contributed by atoms with Crippen molar-refractivity contribution in [3.8, 4) is 0 Å². The van der Waals surface area contributed by atoms with Gasteiger partial charge in [-0.1, -0.05) is 12.1 Å². The SMILES string of the molecule is O=C(Cn1cnc2ccccc2c1=O)C1CCNCC1. The Balaban J connectivity index is 1.85. The van der Waals surface area contributed by atoms with Crippen LogP contribution >= 0.6 is 0 Å². The number of fused-ring (bicyclic) bond motifs is 1.